The number of carbonyl (C=O) groups is 11. The minimum Gasteiger partial charge on any atom is -0.351 e. The highest BCUT2D eigenvalue weighted by Gasteiger charge is 2.51. The molecule has 5 fully saturated rings. The fourth-order valence-electron chi connectivity index (χ4n) is 13.7. The average Bonchev–Trinajstić information content (AvgIpc) is 2.02. The van der Waals surface area contributed by atoms with Crippen molar-refractivity contribution in [3.05, 3.63) is 0 Å². The first-order chi connectivity index (χ1) is 42.2. The van der Waals surface area contributed by atoms with E-state index in [1.54, 1.807) is 6.92 Å². The lowest BCUT2D eigenvalue weighted by Crippen LogP contribution is -2.64. The van der Waals surface area contributed by atoms with Crippen molar-refractivity contribution in [2.45, 2.75) is 230 Å². The molecule has 4 N–H and O–H groups in total. The number of fused-ring (bicyclic) bond motifs is 1. The fourth-order valence-corrected chi connectivity index (χ4v) is 13.7. The first kappa shape index (κ1) is 74.2. The maximum Gasteiger partial charge on any atom is 0.394 e. The molecule has 0 radical (unpaired) electrons. The molecule has 3 saturated carbocycles. The number of hydrogen-bond acceptors (Lipinski definition) is 11. The van der Waals surface area contributed by atoms with E-state index in [1.807, 2.05) is 27.7 Å². The van der Waals surface area contributed by atoms with Crippen molar-refractivity contribution in [2.24, 2.45) is 29.6 Å². The van der Waals surface area contributed by atoms with Gasteiger partial charge < -0.3 is 55.6 Å². The Kier molecular flexibility index (Phi) is 27.3. The van der Waals surface area contributed by atoms with Crippen LogP contribution in [0.1, 0.15) is 169 Å². The molecule has 26 heteroatoms. The van der Waals surface area contributed by atoms with Gasteiger partial charge in [0.25, 0.3) is 0 Å². The quantitative estimate of drug-likeness (QED) is 0.177. The van der Waals surface area contributed by atoms with E-state index in [0.29, 0.717) is 19.3 Å². The van der Waals surface area contributed by atoms with E-state index in [1.165, 1.54) is 61.9 Å². The molecule has 2 aliphatic heterocycles. The highest BCUT2D eigenvalue weighted by molar-refractivity contribution is 5.99. The van der Waals surface area contributed by atoms with Gasteiger partial charge in [-0.25, -0.2) is 4.39 Å². The molecule has 2 saturated heterocycles. The number of amides is 11. The summed E-state index contributed by atoms with van der Waals surface area (Å²) in [4.78, 5) is 167. The van der Waals surface area contributed by atoms with Crippen molar-refractivity contribution in [3.63, 3.8) is 0 Å². The third kappa shape index (κ3) is 20.0. The number of nitrogens with zero attached hydrogens (tertiary/aromatic N) is 7. The molecular formula is C64H101F4N11O11. The molecule has 10 atom stereocenters. The van der Waals surface area contributed by atoms with Crippen LogP contribution in [0, 0.1) is 41.9 Å². The third-order valence-electron chi connectivity index (χ3n) is 19.0. The molecule has 22 nitrogen and oxygen atoms in total. The zero-order valence-electron chi connectivity index (χ0n) is 54.9. The molecule has 0 aromatic heterocycles. The Labute approximate surface area is 529 Å². The summed E-state index contributed by atoms with van der Waals surface area (Å²) in [6, 6.07) is -8.05. The number of rotatable bonds is 10. The lowest BCUT2D eigenvalue weighted by molar-refractivity contribution is -0.201. The van der Waals surface area contributed by atoms with Gasteiger partial charge in [0, 0.05) is 67.7 Å². The summed E-state index contributed by atoms with van der Waals surface area (Å²) in [5, 5.41) is 11.3. The van der Waals surface area contributed by atoms with Gasteiger partial charge in [0.2, 0.25) is 65.0 Å². The van der Waals surface area contributed by atoms with Gasteiger partial charge in [-0.1, -0.05) is 72.6 Å². The highest BCUT2D eigenvalue weighted by Crippen LogP contribution is 2.43. The zero-order chi connectivity index (χ0) is 67.1. The number of alkyl halides is 4. The van der Waals surface area contributed by atoms with E-state index in [9.17, 15) is 61.1 Å². The number of carbonyl (C=O) groups excluding carboxylic acids is 11. The van der Waals surface area contributed by atoms with E-state index in [2.05, 4.69) is 27.2 Å². The summed E-state index contributed by atoms with van der Waals surface area (Å²) in [5.41, 5.74) is -1.51. The fraction of sp³-hybridized carbons (Fsp3) is 0.797. The average molecular weight is 1280 g/mol. The Morgan fingerprint density at radius 3 is 1.76 bits per heavy atom. The number of halogens is 4. The van der Waals surface area contributed by atoms with Crippen LogP contribution < -0.4 is 21.3 Å². The van der Waals surface area contributed by atoms with Crippen LogP contribution in [-0.4, -0.2) is 228 Å². The molecule has 0 aromatic carbocycles. The second kappa shape index (κ2) is 33.2. The summed E-state index contributed by atoms with van der Waals surface area (Å²) >= 11 is 0. The van der Waals surface area contributed by atoms with E-state index in [0.717, 1.165) is 46.8 Å². The summed E-state index contributed by atoms with van der Waals surface area (Å²) in [6.45, 7) is 7.38. The molecule has 5 rings (SSSR count). The summed E-state index contributed by atoms with van der Waals surface area (Å²) in [7, 11) is 8.36. The molecule has 506 valence electrons. The smallest absolute Gasteiger partial charge is 0.351 e. The Hall–Kier alpha value is -6.55. The second-order valence-electron chi connectivity index (χ2n) is 27.2. The van der Waals surface area contributed by atoms with Crippen molar-refractivity contribution in [1.29, 1.82) is 0 Å². The van der Waals surface area contributed by atoms with Gasteiger partial charge in [0.1, 0.15) is 48.0 Å². The van der Waals surface area contributed by atoms with E-state index < -0.39 is 169 Å². The topological polar surface area (TPSA) is 259 Å². The minimum atomic E-state index is -4.74. The van der Waals surface area contributed by atoms with Gasteiger partial charge in [0.15, 0.2) is 0 Å². The molecule has 3 unspecified atom stereocenters. The van der Waals surface area contributed by atoms with E-state index in [4.69, 9.17) is 6.42 Å². The van der Waals surface area contributed by atoms with E-state index >= 15 is 9.18 Å². The Morgan fingerprint density at radius 1 is 0.589 bits per heavy atom. The molecule has 0 bridgehead atoms. The summed E-state index contributed by atoms with van der Waals surface area (Å²) < 4.78 is 56.4. The van der Waals surface area contributed by atoms with Crippen LogP contribution in [0.15, 0.2) is 0 Å². The van der Waals surface area contributed by atoms with E-state index in [-0.39, 0.29) is 94.9 Å². The van der Waals surface area contributed by atoms with Crippen LogP contribution in [-0.2, 0) is 52.7 Å². The van der Waals surface area contributed by atoms with Gasteiger partial charge in [0.05, 0.1) is 25.6 Å². The van der Waals surface area contributed by atoms with Gasteiger partial charge in [-0.15, -0.1) is 12.3 Å². The van der Waals surface area contributed by atoms with Crippen molar-refractivity contribution >= 4 is 65.0 Å². The second-order valence-corrected chi connectivity index (χ2v) is 27.2. The molecule has 90 heavy (non-hydrogen) atoms. The number of terminal acetylenes is 1. The lowest BCUT2D eigenvalue weighted by Gasteiger charge is -2.39. The summed E-state index contributed by atoms with van der Waals surface area (Å²) in [6.07, 6.45) is 4.08. The molecule has 5 aliphatic rings. The molecular weight excluding hydrogens is 1170 g/mol. The van der Waals surface area contributed by atoms with Gasteiger partial charge in [-0.2, -0.15) is 13.2 Å². The van der Waals surface area contributed by atoms with Gasteiger partial charge >= 0.3 is 6.18 Å². The maximum atomic E-state index is 15.2. The first-order valence-corrected chi connectivity index (χ1v) is 32.4. The van der Waals surface area contributed by atoms with Crippen LogP contribution in [0.4, 0.5) is 17.6 Å². The number of hydrogen-bond donors (Lipinski definition) is 4. The predicted octanol–water partition coefficient (Wildman–Crippen LogP) is 4.32. The van der Waals surface area contributed by atoms with Crippen LogP contribution in [0.3, 0.4) is 0 Å². The normalized spacial score (nSPS) is 29.4. The predicted molar refractivity (Wildman–Crippen MR) is 327 cm³/mol. The minimum absolute atomic E-state index is 0.00861. The standard InChI is InChI=1S/C64H101F4N11O11/c1-13-20-46-59(87)75(9)37-54(82)73(7)38-55(83)77(11)51(35-42-21-15-14-16-22-42)61(89)74(8)36-52(80)70-47(27-25-43-24-26-44(45(65)34-43)64(66,67)68)60(88)79-30-19-23-48(79)58(86)72-63(28-17-18-29-63)62(90)78(12)50(32-40(4)5)56(84)69-41(6)33-53(81)76(10)49(31-39(2)3)57(85)71-46/h1,39-51H,14-38H2,2-12H3,(H,69,84)(H,70,80)(H,71,85)(H,72,86)/t41-,43?,44?,45?,46+,47+,48+,49+,50+,51+/m1/s1. The monoisotopic (exact) mass is 1280 g/mol. The SMILES string of the molecule is C#CC[C@@H]1NC(=O)[C@H](CC(C)C)N(C)C(=O)C[C@@H](C)NC(=O)[C@H](CC(C)C)N(C)C(=O)C2(CCCC2)NC(=O)[C@@H]2CCCN2C(=O)[C@H](CCC2CCC(C(F)(F)F)C(F)C2)NC(=O)CN(C)C(=O)[C@H](CC2CCCCC2)N(C)C(=O)CN(C)C(=O)CN(C)C1=O. The van der Waals surface area contributed by atoms with Crippen LogP contribution in [0.5, 0.6) is 0 Å². The third-order valence-corrected chi connectivity index (χ3v) is 19.0. The molecule has 0 aromatic rings. The number of nitrogens with one attached hydrogen (secondary N) is 4. The van der Waals surface area contributed by atoms with Crippen LogP contribution in [0.25, 0.3) is 0 Å². The van der Waals surface area contributed by atoms with Crippen molar-refractivity contribution in [2.75, 3.05) is 68.5 Å². The van der Waals surface area contributed by atoms with Crippen LogP contribution >= 0.6 is 0 Å². The summed E-state index contributed by atoms with van der Waals surface area (Å²) in [5.74, 6) is -7.79. The lowest BCUT2D eigenvalue weighted by atomic mass is 9.78. The Bertz CT molecular complexity index is 2610. The maximum absolute atomic E-state index is 15.2. The Balaban J connectivity index is 1.52. The largest absolute Gasteiger partial charge is 0.394 e. The first-order valence-electron chi connectivity index (χ1n) is 32.4. The van der Waals surface area contributed by atoms with Crippen molar-refractivity contribution in [3.8, 4) is 12.3 Å². The van der Waals surface area contributed by atoms with Crippen molar-refractivity contribution < 1.29 is 70.3 Å². The molecule has 1 spiro atoms. The van der Waals surface area contributed by atoms with Crippen molar-refractivity contribution in [1.82, 2.24) is 55.6 Å². The van der Waals surface area contributed by atoms with Gasteiger partial charge in [-0.3, -0.25) is 52.7 Å². The molecule has 11 amide bonds. The highest BCUT2D eigenvalue weighted by atomic mass is 19.4. The Morgan fingerprint density at radius 2 is 1.17 bits per heavy atom. The molecule has 3 aliphatic carbocycles. The molecule has 2 heterocycles. The van der Waals surface area contributed by atoms with Gasteiger partial charge in [-0.05, 0) is 108 Å². The zero-order valence-corrected chi connectivity index (χ0v) is 54.9. The van der Waals surface area contributed by atoms with Crippen LogP contribution in [0.2, 0.25) is 0 Å². The number of likely N-dealkylation sites (N-methyl/N-ethyl adjacent to an activating group) is 6.